The van der Waals surface area contributed by atoms with Crippen molar-refractivity contribution in [1.82, 2.24) is 0 Å². The maximum atomic E-state index is 5.87. The van der Waals surface area contributed by atoms with Gasteiger partial charge in [-0.1, -0.05) is 37.8 Å². The standard InChI is InChI=1S/C17H23ClO2Si/c1-21(2,3)9-8-19-13-20-17-7-6-15-5-4-14(12-18)10-16(15)11-17/h4-7,10-11H,8-9,12-13H2,1-3H3. The predicted molar refractivity (Wildman–Crippen MR) is 93.1 cm³/mol. The average Bonchev–Trinajstić information content (AvgIpc) is 2.45. The van der Waals surface area contributed by atoms with Crippen molar-refractivity contribution in [2.45, 2.75) is 31.6 Å². The molecule has 2 aromatic carbocycles. The minimum Gasteiger partial charge on any atom is -0.468 e. The van der Waals surface area contributed by atoms with Gasteiger partial charge in [-0.15, -0.1) is 11.6 Å². The van der Waals surface area contributed by atoms with E-state index in [2.05, 4.69) is 43.9 Å². The van der Waals surface area contributed by atoms with Crippen molar-refractivity contribution in [1.29, 1.82) is 0 Å². The van der Waals surface area contributed by atoms with Crippen LogP contribution in [0.1, 0.15) is 5.56 Å². The van der Waals surface area contributed by atoms with Gasteiger partial charge in [0.2, 0.25) is 0 Å². The number of benzene rings is 2. The van der Waals surface area contributed by atoms with Gasteiger partial charge in [0.05, 0.1) is 0 Å². The Balaban J connectivity index is 1.90. The minimum absolute atomic E-state index is 0.311. The smallest absolute Gasteiger partial charge is 0.189 e. The third-order valence-electron chi connectivity index (χ3n) is 3.34. The molecule has 0 saturated heterocycles. The largest absolute Gasteiger partial charge is 0.468 e. The van der Waals surface area contributed by atoms with Gasteiger partial charge in [0.25, 0.3) is 0 Å². The molecule has 0 fully saturated rings. The number of halogens is 1. The molecule has 2 nitrogen and oxygen atoms in total. The summed E-state index contributed by atoms with van der Waals surface area (Å²) in [5.41, 5.74) is 1.12. The van der Waals surface area contributed by atoms with E-state index in [1.165, 1.54) is 5.39 Å². The average molecular weight is 323 g/mol. The molecule has 0 amide bonds. The quantitative estimate of drug-likeness (QED) is 0.299. The monoisotopic (exact) mass is 322 g/mol. The molecule has 0 heterocycles. The van der Waals surface area contributed by atoms with Crippen LogP contribution in [0.4, 0.5) is 0 Å². The molecule has 2 aromatic rings. The summed E-state index contributed by atoms with van der Waals surface area (Å²) in [5.74, 6) is 1.36. The highest BCUT2D eigenvalue weighted by Crippen LogP contribution is 2.22. The van der Waals surface area contributed by atoms with E-state index in [0.29, 0.717) is 12.7 Å². The van der Waals surface area contributed by atoms with E-state index in [0.717, 1.165) is 29.4 Å². The van der Waals surface area contributed by atoms with E-state index in [1.54, 1.807) is 0 Å². The molecule has 0 N–H and O–H groups in total. The predicted octanol–water partition coefficient (Wildman–Crippen LogP) is 5.27. The number of ether oxygens (including phenoxy) is 2. The van der Waals surface area contributed by atoms with Crippen molar-refractivity contribution in [3.63, 3.8) is 0 Å². The zero-order valence-corrected chi connectivity index (χ0v) is 14.7. The van der Waals surface area contributed by atoms with Gasteiger partial charge >= 0.3 is 0 Å². The first-order chi connectivity index (χ1) is 9.98. The van der Waals surface area contributed by atoms with E-state index in [4.69, 9.17) is 21.1 Å². The van der Waals surface area contributed by atoms with Crippen LogP contribution in [0.2, 0.25) is 25.7 Å². The first-order valence-corrected chi connectivity index (χ1v) is 11.5. The summed E-state index contributed by atoms with van der Waals surface area (Å²) in [5, 5.41) is 2.34. The minimum atomic E-state index is -1.03. The maximum Gasteiger partial charge on any atom is 0.189 e. The van der Waals surface area contributed by atoms with Gasteiger partial charge in [-0.05, 0) is 40.6 Å². The van der Waals surface area contributed by atoms with Crippen LogP contribution < -0.4 is 4.74 Å². The first-order valence-electron chi connectivity index (χ1n) is 7.27. The second-order valence-electron chi connectivity index (χ2n) is 6.46. The van der Waals surface area contributed by atoms with Crippen molar-refractivity contribution >= 4 is 30.4 Å². The van der Waals surface area contributed by atoms with Crippen molar-refractivity contribution in [2.24, 2.45) is 0 Å². The van der Waals surface area contributed by atoms with Gasteiger partial charge in [-0.25, -0.2) is 0 Å². The summed E-state index contributed by atoms with van der Waals surface area (Å²) < 4.78 is 11.2. The maximum absolute atomic E-state index is 5.87. The topological polar surface area (TPSA) is 18.5 Å². The molecule has 0 saturated carbocycles. The SMILES string of the molecule is C[Si](C)(C)CCOCOc1ccc2ccc(CCl)cc2c1. The summed E-state index contributed by atoms with van der Waals surface area (Å²) in [4.78, 5) is 0. The molecule has 0 aromatic heterocycles. The number of fused-ring (bicyclic) bond motifs is 1. The summed E-state index contributed by atoms with van der Waals surface area (Å²) >= 11 is 5.87. The molecule has 0 aliphatic heterocycles. The lowest BCUT2D eigenvalue weighted by molar-refractivity contribution is 0.0221. The van der Waals surface area contributed by atoms with Crippen LogP contribution in [0.25, 0.3) is 10.8 Å². The number of alkyl halides is 1. The number of hydrogen-bond donors (Lipinski definition) is 0. The molecule has 0 radical (unpaired) electrons. The Morgan fingerprint density at radius 3 is 2.48 bits per heavy atom. The molecule has 4 heteroatoms. The molecule has 2 rings (SSSR count). The van der Waals surface area contributed by atoms with Gasteiger partial charge in [-0.3, -0.25) is 0 Å². The third-order valence-corrected chi connectivity index (χ3v) is 5.35. The molecule has 0 unspecified atom stereocenters. The first kappa shape index (κ1) is 16.3. The van der Waals surface area contributed by atoms with Crippen LogP contribution in [0, 0.1) is 0 Å². The molecule has 0 bridgehead atoms. The lowest BCUT2D eigenvalue weighted by Crippen LogP contribution is -2.22. The van der Waals surface area contributed by atoms with Crippen molar-refractivity contribution in [3.8, 4) is 5.75 Å². The van der Waals surface area contributed by atoms with Crippen molar-refractivity contribution in [3.05, 3.63) is 42.0 Å². The van der Waals surface area contributed by atoms with Crippen LogP contribution >= 0.6 is 11.6 Å². The fraction of sp³-hybridized carbons (Fsp3) is 0.412. The summed E-state index contributed by atoms with van der Waals surface area (Å²) in [6.07, 6.45) is 0. The van der Waals surface area contributed by atoms with E-state index in [9.17, 15) is 0 Å². The Labute approximate surface area is 133 Å². The van der Waals surface area contributed by atoms with Crippen LogP contribution in [0.3, 0.4) is 0 Å². The lowest BCUT2D eigenvalue weighted by Gasteiger charge is -2.15. The molecular weight excluding hydrogens is 300 g/mol. The number of rotatable bonds is 7. The van der Waals surface area contributed by atoms with Crippen molar-refractivity contribution < 1.29 is 9.47 Å². The molecule has 114 valence electrons. The van der Waals surface area contributed by atoms with E-state index < -0.39 is 8.07 Å². The van der Waals surface area contributed by atoms with Crippen LogP contribution in [0.5, 0.6) is 5.75 Å². The van der Waals surface area contributed by atoms with Gasteiger partial charge < -0.3 is 9.47 Å². The van der Waals surface area contributed by atoms with E-state index in [-0.39, 0.29) is 0 Å². The molecule has 0 atom stereocenters. The Kier molecular flexibility index (Phi) is 5.68. The zero-order chi connectivity index (χ0) is 15.3. The van der Waals surface area contributed by atoms with Gasteiger partial charge in [0.15, 0.2) is 6.79 Å². The van der Waals surface area contributed by atoms with Crippen LogP contribution in [-0.4, -0.2) is 21.5 Å². The normalized spacial score (nSPS) is 11.8. The molecule has 0 aliphatic rings. The highest BCUT2D eigenvalue weighted by molar-refractivity contribution is 6.76. The van der Waals surface area contributed by atoms with Gasteiger partial charge in [-0.2, -0.15) is 0 Å². The summed E-state index contributed by atoms with van der Waals surface area (Å²) in [7, 11) is -1.03. The molecule has 21 heavy (non-hydrogen) atoms. The van der Waals surface area contributed by atoms with E-state index >= 15 is 0 Å². The Hall–Kier alpha value is -1.03. The molecule has 0 spiro atoms. The fourth-order valence-corrected chi connectivity index (χ4v) is 2.92. The van der Waals surface area contributed by atoms with Crippen LogP contribution in [-0.2, 0) is 10.6 Å². The lowest BCUT2D eigenvalue weighted by atomic mass is 10.1. The van der Waals surface area contributed by atoms with E-state index in [1.807, 2.05) is 12.1 Å². The van der Waals surface area contributed by atoms with Crippen molar-refractivity contribution in [2.75, 3.05) is 13.4 Å². The Bertz CT molecular complexity index is 593. The van der Waals surface area contributed by atoms with Gasteiger partial charge in [0.1, 0.15) is 5.75 Å². The van der Waals surface area contributed by atoms with Crippen LogP contribution in [0.15, 0.2) is 36.4 Å². The second-order valence-corrected chi connectivity index (χ2v) is 12.3. The third kappa shape index (κ3) is 5.34. The summed E-state index contributed by atoms with van der Waals surface area (Å²) in [6.45, 7) is 8.11. The molecule has 0 aliphatic carbocycles. The summed E-state index contributed by atoms with van der Waals surface area (Å²) in [6, 6.07) is 13.5. The zero-order valence-electron chi connectivity index (χ0n) is 13.0. The highest BCUT2D eigenvalue weighted by atomic mass is 35.5. The number of hydrogen-bond acceptors (Lipinski definition) is 2. The fourth-order valence-electron chi connectivity index (χ4n) is 1.99. The molecular formula is C17H23ClO2Si. The Morgan fingerprint density at radius 1 is 1.00 bits per heavy atom. The van der Waals surface area contributed by atoms with Gasteiger partial charge in [0, 0.05) is 20.6 Å². The Morgan fingerprint density at radius 2 is 1.76 bits per heavy atom. The highest BCUT2D eigenvalue weighted by Gasteiger charge is 2.11. The second kappa shape index (κ2) is 7.30.